The number of aryl methyl sites for hydroxylation is 1. The van der Waals surface area contributed by atoms with E-state index in [4.69, 9.17) is 9.47 Å². The van der Waals surface area contributed by atoms with Gasteiger partial charge in [-0.15, -0.1) is 0 Å². The minimum absolute atomic E-state index is 0.667. The van der Waals surface area contributed by atoms with Crippen molar-refractivity contribution in [2.45, 2.75) is 26.2 Å². The summed E-state index contributed by atoms with van der Waals surface area (Å²) in [5.74, 6) is 2.51. The van der Waals surface area contributed by atoms with E-state index in [2.05, 4.69) is 31.2 Å². The van der Waals surface area contributed by atoms with Crippen molar-refractivity contribution in [3.63, 3.8) is 0 Å². The minimum Gasteiger partial charge on any atom is -0.497 e. The van der Waals surface area contributed by atoms with E-state index in [0.717, 1.165) is 24.3 Å². The van der Waals surface area contributed by atoms with E-state index < -0.39 is 0 Å². The van der Waals surface area contributed by atoms with Crippen molar-refractivity contribution in [2.24, 2.45) is 5.92 Å². The highest BCUT2D eigenvalue weighted by Gasteiger charge is 2.05. The summed E-state index contributed by atoms with van der Waals surface area (Å²) in [4.78, 5) is 0. The summed E-state index contributed by atoms with van der Waals surface area (Å²) < 4.78 is 10.4. The van der Waals surface area contributed by atoms with Gasteiger partial charge in [-0.2, -0.15) is 0 Å². The van der Waals surface area contributed by atoms with Gasteiger partial charge in [-0.05, 0) is 60.6 Å². The topological polar surface area (TPSA) is 18.5 Å². The van der Waals surface area contributed by atoms with Gasteiger partial charge in [0, 0.05) is 0 Å². The lowest BCUT2D eigenvalue weighted by Gasteiger charge is -2.12. The first-order valence-corrected chi connectivity index (χ1v) is 7.47. The van der Waals surface area contributed by atoms with Crippen molar-refractivity contribution in [2.75, 3.05) is 14.2 Å². The lowest BCUT2D eigenvalue weighted by Crippen LogP contribution is -2.02. The molecule has 0 amide bonds. The monoisotopic (exact) mass is 284 g/mol. The molecule has 0 aromatic heterocycles. The smallest absolute Gasteiger partial charge is 0.118 e. The molecule has 2 heteroatoms. The van der Waals surface area contributed by atoms with Crippen LogP contribution < -0.4 is 9.47 Å². The SMILES string of the molecule is COc1ccc(CCC(C)Cc2ccc(OC)cc2)cc1. The number of ether oxygens (including phenoxy) is 2. The molecule has 0 aliphatic heterocycles. The molecular formula is C19H24O2. The van der Waals surface area contributed by atoms with Crippen LogP contribution >= 0.6 is 0 Å². The van der Waals surface area contributed by atoms with Gasteiger partial charge in [-0.1, -0.05) is 31.2 Å². The first kappa shape index (κ1) is 15.4. The van der Waals surface area contributed by atoms with Gasteiger partial charge in [0.2, 0.25) is 0 Å². The van der Waals surface area contributed by atoms with Crippen molar-refractivity contribution in [3.05, 3.63) is 59.7 Å². The molecule has 1 unspecified atom stereocenters. The molecule has 2 rings (SSSR count). The van der Waals surface area contributed by atoms with Gasteiger partial charge < -0.3 is 9.47 Å². The molecule has 0 fully saturated rings. The van der Waals surface area contributed by atoms with E-state index >= 15 is 0 Å². The van der Waals surface area contributed by atoms with Gasteiger partial charge in [0.15, 0.2) is 0 Å². The Kier molecular flexibility index (Phi) is 5.68. The Hall–Kier alpha value is -1.96. The average molecular weight is 284 g/mol. The number of methoxy groups -OCH3 is 2. The van der Waals surface area contributed by atoms with Crippen molar-refractivity contribution in [1.82, 2.24) is 0 Å². The Bertz CT molecular complexity index is 528. The van der Waals surface area contributed by atoms with Crippen LogP contribution in [0.4, 0.5) is 0 Å². The predicted octanol–water partition coefficient (Wildman–Crippen LogP) is 4.52. The lowest BCUT2D eigenvalue weighted by molar-refractivity contribution is 0.414. The average Bonchev–Trinajstić information content (AvgIpc) is 2.54. The van der Waals surface area contributed by atoms with Crippen LogP contribution in [-0.2, 0) is 12.8 Å². The maximum absolute atomic E-state index is 5.19. The van der Waals surface area contributed by atoms with Crippen molar-refractivity contribution < 1.29 is 9.47 Å². The van der Waals surface area contributed by atoms with Crippen LogP contribution in [0.3, 0.4) is 0 Å². The van der Waals surface area contributed by atoms with E-state index in [9.17, 15) is 0 Å². The summed E-state index contributed by atoms with van der Waals surface area (Å²) in [6.45, 7) is 2.31. The minimum atomic E-state index is 0.667. The fraction of sp³-hybridized carbons (Fsp3) is 0.368. The first-order valence-electron chi connectivity index (χ1n) is 7.47. The van der Waals surface area contributed by atoms with Crippen LogP contribution in [0, 0.1) is 5.92 Å². The number of rotatable bonds is 7. The van der Waals surface area contributed by atoms with Gasteiger partial charge in [0.1, 0.15) is 11.5 Å². The van der Waals surface area contributed by atoms with Gasteiger partial charge in [0.05, 0.1) is 14.2 Å². The molecule has 0 aliphatic rings. The molecular weight excluding hydrogens is 260 g/mol. The van der Waals surface area contributed by atoms with Crippen LogP contribution in [0.15, 0.2) is 48.5 Å². The van der Waals surface area contributed by atoms with Gasteiger partial charge in [-0.25, -0.2) is 0 Å². The molecule has 0 aliphatic carbocycles. The van der Waals surface area contributed by atoms with Crippen LogP contribution in [0.1, 0.15) is 24.5 Å². The highest BCUT2D eigenvalue weighted by atomic mass is 16.5. The largest absolute Gasteiger partial charge is 0.497 e. The number of benzene rings is 2. The lowest BCUT2D eigenvalue weighted by atomic mass is 9.94. The van der Waals surface area contributed by atoms with Crippen LogP contribution in [0.5, 0.6) is 11.5 Å². The summed E-state index contributed by atoms with van der Waals surface area (Å²) in [5.41, 5.74) is 2.75. The maximum atomic E-state index is 5.19. The van der Waals surface area contributed by atoms with Crippen molar-refractivity contribution in [1.29, 1.82) is 0 Å². The number of hydrogen-bond acceptors (Lipinski definition) is 2. The van der Waals surface area contributed by atoms with E-state index in [1.165, 1.54) is 17.5 Å². The third-order valence-electron chi connectivity index (χ3n) is 3.83. The second-order valence-corrected chi connectivity index (χ2v) is 5.54. The molecule has 2 aromatic carbocycles. The standard InChI is InChI=1S/C19H24O2/c1-15(14-17-8-12-19(21-3)13-9-17)4-5-16-6-10-18(20-2)11-7-16/h6-13,15H,4-5,14H2,1-3H3. The Morgan fingerprint density at radius 2 is 1.24 bits per heavy atom. The molecule has 0 spiro atoms. The molecule has 0 saturated heterocycles. The highest BCUT2D eigenvalue weighted by Crippen LogP contribution is 2.19. The zero-order valence-electron chi connectivity index (χ0n) is 13.1. The molecule has 1 atom stereocenters. The van der Waals surface area contributed by atoms with E-state index in [1.807, 2.05) is 24.3 Å². The first-order chi connectivity index (χ1) is 10.2. The molecule has 2 aromatic rings. The van der Waals surface area contributed by atoms with Crippen LogP contribution in [-0.4, -0.2) is 14.2 Å². The molecule has 21 heavy (non-hydrogen) atoms. The van der Waals surface area contributed by atoms with E-state index in [-0.39, 0.29) is 0 Å². The number of hydrogen-bond donors (Lipinski definition) is 0. The third-order valence-corrected chi connectivity index (χ3v) is 3.83. The Morgan fingerprint density at radius 3 is 1.71 bits per heavy atom. The Labute approximate surface area is 127 Å². The summed E-state index contributed by atoms with van der Waals surface area (Å²) in [6.07, 6.45) is 3.42. The molecule has 0 saturated carbocycles. The normalized spacial score (nSPS) is 12.0. The van der Waals surface area contributed by atoms with Gasteiger partial charge in [0.25, 0.3) is 0 Å². The molecule has 2 nitrogen and oxygen atoms in total. The molecule has 0 bridgehead atoms. The third kappa shape index (κ3) is 4.82. The van der Waals surface area contributed by atoms with Crippen LogP contribution in [0.2, 0.25) is 0 Å². The predicted molar refractivity (Wildman–Crippen MR) is 87.2 cm³/mol. The van der Waals surface area contributed by atoms with E-state index in [1.54, 1.807) is 14.2 Å². The van der Waals surface area contributed by atoms with E-state index in [0.29, 0.717) is 5.92 Å². The quantitative estimate of drug-likeness (QED) is 0.744. The maximum Gasteiger partial charge on any atom is 0.118 e. The summed E-state index contributed by atoms with van der Waals surface area (Å²) in [6, 6.07) is 16.7. The second-order valence-electron chi connectivity index (χ2n) is 5.54. The van der Waals surface area contributed by atoms with Gasteiger partial charge in [-0.3, -0.25) is 0 Å². The molecule has 0 N–H and O–H groups in total. The Balaban J connectivity index is 1.81. The highest BCUT2D eigenvalue weighted by molar-refractivity contribution is 5.28. The van der Waals surface area contributed by atoms with Gasteiger partial charge >= 0.3 is 0 Å². The summed E-state index contributed by atoms with van der Waals surface area (Å²) in [5, 5.41) is 0. The fourth-order valence-corrected chi connectivity index (χ4v) is 2.47. The Morgan fingerprint density at radius 1 is 0.762 bits per heavy atom. The molecule has 0 heterocycles. The molecule has 0 radical (unpaired) electrons. The van der Waals surface area contributed by atoms with Crippen LogP contribution in [0.25, 0.3) is 0 Å². The summed E-state index contributed by atoms with van der Waals surface area (Å²) >= 11 is 0. The zero-order valence-corrected chi connectivity index (χ0v) is 13.1. The fourth-order valence-electron chi connectivity index (χ4n) is 2.47. The zero-order chi connectivity index (χ0) is 15.1. The second kappa shape index (κ2) is 7.72. The summed E-state index contributed by atoms with van der Waals surface area (Å²) in [7, 11) is 3.40. The van der Waals surface area contributed by atoms with Crippen molar-refractivity contribution >= 4 is 0 Å². The van der Waals surface area contributed by atoms with Crippen molar-refractivity contribution in [3.8, 4) is 11.5 Å². The molecule has 112 valence electrons.